The number of likely N-dealkylation sites (tertiary alicyclic amines) is 1. The van der Waals surface area contributed by atoms with Crippen LogP contribution in [0.3, 0.4) is 0 Å². The minimum absolute atomic E-state index is 0.0151. The van der Waals surface area contributed by atoms with E-state index in [9.17, 15) is 8.78 Å². The van der Waals surface area contributed by atoms with Gasteiger partial charge in [0.2, 0.25) is 0 Å². The van der Waals surface area contributed by atoms with E-state index in [4.69, 9.17) is 4.74 Å². The zero-order chi connectivity index (χ0) is 16.7. The summed E-state index contributed by atoms with van der Waals surface area (Å²) in [7, 11) is 1.68. The molecule has 2 fully saturated rings. The molecule has 1 saturated carbocycles. The first-order valence-electron chi connectivity index (χ1n) is 8.26. The lowest BCUT2D eigenvalue weighted by Crippen LogP contribution is -2.25. The lowest BCUT2D eigenvalue weighted by molar-refractivity contribution is 0.107. The van der Waals surface area contributed by atoms with Gasteiger partial charge in [0.05, 0.1) is 12.1 Å². The van der Waals surface area contributed by atoms with Crippen molar-refractivity contribution in [3.8, 4) is 0 Å². The number of ether oxygens (including phenoxy) is 1. The predicted octanol–water partition coefficient (Wildman–Crippen LogP) is 2.92. The van der Waals surface area contributed by atoms with Crippen LogP contribution in [0.15, 0.2) is 18.2 Å². The molecule has 1 aliphatic carbocycles. The van der Waals surface area contributed by atoms with Crippen LogP contribution in [0, 0.1) is 11.6 Å². The number of halogens is 2. The van der Waals surface area contributed by atoms with Gasteiger partial charge in [-0.2, -0.15) is 5.10 Å². The zero-order valence-corrected chi connectivity index (χ0v) is 13.5. The first-order valence-corrected chi connectivity index (χ1v) is 8.26. The van der Waals surface area contributed by atoms with E-state index in [0.717, 1.165) is 37.0 Å². The van der Waals surface area contributed by atoms with E-state index in [1.807, 2.05) is 0 Å². The summed E-state index contributed by atoms with van der Waals surface area (Å²) in [6.45, 7) is 1.14. The molecule has 1 aromatic heterocycles. The van der Waals surface area contributed by atoms with Gasteiger partial charge >= 0.3 is 0 Å². The SMILES string of the molecule is CO[C@@H]1C[C@@H](c2nc(C3CC3)n[nH]2)N(Cc2cc(F)cc(F)c2)C1. The Morgan fingerprint density at radius 2 is 2.00 bits per heavy atom. The molecule has 0 unspecified atom stereocenters. The largest absolute Gasteiger partial charge is 0.380 e. The Balaban J connectivity index is 1.56. The highest BCUT2D eigenvalue weighted by atomic mass is 19.1. The third-order valence-corrected chi connectivity index (χ3v) is 4.78. The maximum Gasteiger partial charge on any atom is 0.153 e. The van der Waals surface area contributed by atoms with Crippen molar-refractivity contribution in [1.29, 1.82) is 0 Å². The van der Waals surface area contributed by atoms with E-state index in [0.29, 0.717) is 24.6 Å². The Kier molecular flexibility index (Phi) is 4.05. The molecule has 128 valence electrons. The van der Waals surface area contributed by atoms with Gasteiger partial charge in [0.1, 0.15) is 17.5 Å². The lowest BCUT2D eigenvalue weighted by Gasteiger charge is -2.22. The summed E-state index contributed by atoms with van der Waals surface area (Å²) < 4.78 is 32.4. The summed E-state index contributed by atoms with van der Waals surface area (Å²) >= 11 is 0. The van der Waals surface area contributed by atoms with Crippen LogP contribution >= 0.6 is 0 Å². The zero-order valence-electron chi connectivity index (χ0n) is 13.5. The van der Waals surface area contributed by atoms with Crippen LogP contribution in [0.4, 0.5) is 8.78 Å². The number of nitrogens with zero attached hydrogens (tertiary/aromatic N) is 3. The van der Waals surface area contributed by atoms with Gasteiger partial charge in [-0.05, 0) is 37.0 Å². The van der Waals surface area contributed by atoms with Crippen LogP contribution < -0.4 is 0 Å². The smallest absolute Gasteiger partial charge is 0.153 e. The second kappa shape index (κ2) is 6.22. The van der Waals surface area contributed by atoms with Gasteiger partial charge in [0.25, 0.3) is 0 Å². The molecule has 4 rings (SSSR count). The number of benzene rings is 1. The van der Waals surface area contributed by atoms with Crippen LogP contribution in [0.5, 0.6) is 0 Å². The molecule has 1 aliphatic heterocycles. The van der Waals surface area contributed by atoms with E-state index < -0.39 is 11.6 Å². The first kappa shape index (κ1) is 15.7. The summed E-state index contributed by atoms with van der Waals surface area (Å²) in [5.41, 5.74) is 0.608. The fourth-order valence-electron chi connectivity index (χ4n) is 3.39. The molecule has 24 heavy (non-hydrogen) atoms. The summed E-state index contributed by atoms with van der Waals surface area (Å²) in [5.74, 6) is 1.07. The van der Waals surface area contributed by atoms with Crippen molar-refractivity contribution >= 4 is 0 Å². The van der Waals surface area contributed by atoms with E-state index in [1.54, 1.807) is 7.11 Å². The van der Waals surface area contributed by atoms with Crippen molar-refractivity contribution in [2.45, 2.75) is 43.9 Å². The molecule has 2 aliphatic rings. The quantitative estimate of drug-likeness (QED) is 0.913. The molecule has 0 radical (unpaired) electrons. The third-order valence-electron chi connectivity index (χ3n) is 4.78. The van der Waals surface area contributed by atoms with Crippen molar-refractivity contribution in [3.05, 3.63) is 47.0 Å². The number of aromatic amines is 1. The van der Waals surface area contributed by atoms with Gasteiger partial charge in [-0.25, -0.2) is 13.8 Å². The van der Waals surface area contributed by atoms with Crippen molar-refractivity contribution in [1.82, 2.24) is 20.1 Å². The molecule has 7 heteroatoms. The van der Waals surface area contributed by atoms with Crippen LogP contribution in [0.25, 0.3) is 0 Å². The predicted molar refractivity (Wildman–Crippen MR) is 83.3 cm³/mol. The highest BCUT2D eigenvalue weighted by Gasteiger charge is 2.36. The van der Waals surface area contributed by atoms with Gasteiger partial charge in [-0.3, -0.25) is 10.00 Å². The number of H-pyrrole nitrogens is 1. The monoisotopic (exact) mass is 334 g/mol. The van der Waals surface area contributed by atoms with E-state index in [-0.39, 0.29) is 12.1 Å². The summed E-state index contributed by atoms with van der Waals surface area (Å²) in [5, 5.41) is 7.37. The Bertz CT molecular complexity index is 711. The summed E-state index contributed by atoms with van der Waals surface area (Å²) in [6.07, 6.45) is 3.15. The first-order chi connectivity index (χ1) is 11.6. The van der Waals surface area contributed by atoms with Crippen LogP contribution in [-0.2, 0) is 11.3 Å². The molecule has 0 bridgehead atoms. The topological polar surface area (TPSA) is 54.0 Å². The van der Waals surface area contributed by atoms with Gasteiger partial charge in [-0.1, -0.05) is 0 Å². The Morgan fingerprint density at radius 3 is 2.67 bits per heavy atom. The van der Waals surface area contributed by atoms with E-state index in [1.165, 1.54) is 12.1 Å². The average molecular weight is 334 g/mol. The normalized spacial score (nSPS) is 24.6. The Hall–Kier alpha value is -1.86. The van der Waals surface area contributed by atoms with E-state index in [2.05, 4.69) is 20.1 Å². The minimum atomic E-state index is -0.556. The molecule has 1 N–H and O–H groups in total. The fourth-order valence-corrected chi connectivity index (χ4v) is 3.39. The average Bonchev–Trinajstić information content (AvgIpc) is 3.13. The summed E-state index contributed by atoms with van der Waals surface area (Å²) in [6, 6.07) is 3.65. The number of rotatable bonds is 5. The lowest BCUT2D eigenvalue weighted by atomic mass is 10.1. The van der Waals surface area contributed by atoms with Crippen LogP contribution in [0.2, 0.25) is 0 Å². The molecule has 2 aromatic rings. The Labute approximate surface area is 139 Å². The molecule has 1 aromatic carbocycles. The van der Waals surface area contributed by atoms with E-state index >= 15 is 0 Å². The van der Waals surface area contributed by atoms with Crippen molar-refractivity contribution in [2.24, 2.45) is 0 Å². The molecule has 1 saturated heterocycles. The molecule has 2 heterocycles. The van der Waals surface area contributed by atoms with Crippen molar-refractivity contribution in [2.75, 3.05) is 13.7 Å². The van der Waals surface area contributed by atoms with Crippen LogP contribution in [0.1, 0.15) is 48.4 Å². The minimum Gasteiger partial charge on any atom is -0.380 e. The van der Waals surface area contributed by atoms with Gasteiger partial charge < -0.3 is 4.74 Å². The second-order valence-electron chi connectivity index (χ2n) is 6.67. The van der Waals surface area contributed by atoms with Gasteiger partial charge in [0, 0.05) is 32.2 Å². The van der Waals surface area contributed by atoms with Crippen molar-refractivity contribution < 1.29 is 13.5 Å². The standard InChI is InChI=1S/C17H20F2N4O/c1-24-14-7-15(17-20-16(21-22-17)11-2-3-11)23(9-14)8-10-4-12(18)6-13(19)5-10/h4-6,11,14-15H,2-3,7-9H2,1H3,(H,20,21,22)/t14-,15+/m1/s1. The third kappa shape index (κ3) is 3.18. The number of methoxy groups -OCH3 is 1. The van der Waals surface area contributed by atoms with Gasteiger partial charge in [-0.15, -0.1) is 0 Å². The number of aromatic nitrogens is 3. The van der Waals surface area contributed by atoms with Gasteiger partial charge in [0.15, 0.2) is 5.82 Å². The highest BCUT2D eigenvalue weighted by molar-refractivity contribution is 5.19. The maximum atomic E-state index is 13.5. The molecule has 0 amide bonds. The molecular weight excluding hydrogens is 314 g/mol. The summed E-state index contributed by atoms with van der Waals surface area (Å²) in [4.78, 5) is 6.78. The number of nitrogens with one attached hydrogen (secondary N) is 1. The molecular formula is C17H20F2N4O. The maximum absolute atomic E-state index is 13.5. The second-order valence-corrected chi connectivity index (χ2v) is 6.67. The van der Waals surface area contributed by atoms with Crippen molar-refractivity contribution in [3.63, 3.8) is 0 Å². The Morgan fingerprint density at radius 1 is 1.25 bits per heavy atom. The number of hydrogen-bond donors (Lipinski definition) is 1. The fraction of sp³-hybridized carbons (Fsp3) is 0.529. The molecule has 5 nitrogen and oxygen atoms in total. The molecule has 2 atom stereocenters. The number of hydrogen-bond acceptors (Lipinski definition) is 4. The van der Waals surface area contributed by atoms with Crippen LogP contribution in [-0.4, -0.2) is 39.8 Å². The highest BCUT2D eigenvalue weighted by Crippen LogP contribution is 2.39. The molecule has 0 spiro atoms.